The SMILES string of the molecule is Cn1cncc1C(O)(c1ccc(Cl)cc1)c1ccc2nc(NC(=O)COc3ccc(Cl)cc3)cc(-c3cccc(Cl)c3)c2c1. The lowest BCUT2D eigenvalue weighted by Crippen LogP contribution is -2.31. The van der Waals surface area contributed by atoms with Crippen molar-refractivity contribution in [2.75, 3.05) is 11.9 Å². The Bertz CT molecular complexity index is 1980. The number of amides is 1. The maximum absolute atomic E-state index is 12.8. The topological polar surface area (TPSA) is 89.3 Å². The number of nitrogens with one attached hydrogen (secondary N) is 1. The van der Waals surface area contributed by atoms with Crippen molar-refractivity contribution in [1.82, 2.24) is 14.5 Å². The van der Waals surface area contributed by atoms with Gasteiger partial charge in [0.25, 0.3) is 5.91 Å². The minimum atomic E-state index is -1.57. The molecule has 0 aliphatic carbocycles. The number of aryl methyl sites for hydroxylation is 1. The molecule has 0 aliphatic rings. The molecule has 1 unspecified atom stereocenters. The molecule has 7 nitrogen and oxygen atoms in total. The second-order valence-corrected chi connectivity index (χ2v) is 11.5. The van der Waals surface area contributed by atoms with Crippen LogP contribution < -0.4 is 10.1 Å². The molecule has 10 heteroatoms. The summed E-state index contributed by atoms with van der Waals surface area (Å²) >= 11 is 18.5. The minimum absolute atomic E-state index is 0.217. The second-order valence-electron chi connectivity index (χ2n) is 10.2. The molecule has 0 aliphatic heterocycles. The predicted octanol–water partition coefficient (Wildman–Crippen LogP) is 7.90. The van der Waals surface area contributed by atoms with E-state index in [1.165, 1.54) is 0 Å². The number of fused-ring (bicyclic) bond motifs is 1. The predicted molar refractivity (Wildman–Crippen MR) is 175 cm³/mol. The fourth-order valence-electron chi connectivity index (χ4n) is 5.13. The number of halogens is 3. The average molecular weight is 644 g/mol. The number of rotatable bonds is 8. The van der Waals surface area contributed by atoms with Gasteiger partial charge in [0.1, 0.15) is 11.6 Å². The van der Waals surface area contributed by atoms with Crippen LogP contribution in [0.5, 0.6) is 5.75 Å². The Kier molecular flexibility index (Phi) is 8.29. The van der Waals surface area contributed by atoms with Crippen molar-refractivity contribution < 1.29 is 14.6 Å². The molecule has 6 aromatic rings. The molecule has 4 aromatic carbocycles. The van der Waals surface area contributed by atoms with Gasteiger partial charge in [-0.3, -0.25) is 4.79 Å². The van der Waals surface area contributed by atoms with Crippen molar-refractivity contribution in [3.05, 3.63) is 141 Å². The van der Waals surface area contributed by atoms with Crippen LogP contribution in [0.25, 0.3) is 22.0 Å². The third-order valence-electron chi connectivity index (χ3n) is 7.26. The van der Waals surface area contributed by atoms with Crippen LogP contribution in [0, 0.1) is 0 Å². The van der Waals surface area contributed by atoms with E-state index < -0.39 is 5.60 Å². The van der Waals surface area contributed by atoms with Gasteiger partial charge >= 0.3 is 0 Å². The summed E-state index contributed by atoms with van der Waals surface area (Å²) in [5.74, 6) is 0.475. The largest absolute Gasteiger partial charge is 0.484 e. The highest BCUT2D eigenvalue weighted by Crippen LogP contribution is 2.40. The number of imidazole rings is 1. The first-order valence-electron chi connectivity index (χ1n) is 13.6. The fourth-order valence-corrected chi connectivity index (χ4v) is 5.57. The molecule has 2 N–H and O–H groups in total. The first kappa shape index (κ1) is 29.7. The third-order valence-corrected chi connectivity index (χ3v) is 8.00. The fraction of sp³-hybridized carbons (Fsp3) is 0.0882. The van der Waals surface area contributed by atoms with Crippen LogP contribution in [0.2, 0.25) is 15.1 Å². The summed E-state index contributed by atoms with van der Waals surface area (Å²) < 4.78 is 7.38. The van der Waals surface area contributed by atoms with Crippen molar-refractivity contribution in [2.45, 2.75) is 5.60 Å². The van der Waals surface area contributed by atoms with Crippen LogP contribution >= 0.6 is 34.8 Å². The molecular weight excluding hydrogens is 619 g/mol. The second kappa shape index (κ2) is 12.3. The average Bonchev–Trinajstić information content (AvgIpc) is 3.46. The number of aliphatic hydroxyl groups is 1. The minimum Gasteiger partial charge on any atom is -0.484 e. The summed E-state index contributed by atoms with van der Waals surface area (Å²) in [6.07, 6.45) is 3.28. The van der Waals surface area contributed by atoms with Gasteiger partial charge in [-0.2, -0.15) is 0 Å². The molecule has 0 bridgehead atoms. The number of anilines is 1. The molecule has 0 saturated carbocycles. The van der Waals surface area contributed by atoms with Crippen LogP contribution in [-0.2, 0) is 17.4 Å². The highest BCUT2D eigenvalue weighted by atomic mass is 35.5. The van der Waals surface area contributed by atoms with Crippen molar-refractivity contribution >= 4 is 57.4 Å². The van der Waals surface area contributed by atoms with Crippen molar-refractivity contribution in [1.29, 1.82) is 0 Å². The molecule has 0 fully saturated rings. The van der Waals surface area contributed by atoms with Crippen molar-refractivity contribution in [3.8, 4) is 16.9 Å². The quantitative estimate of drug-likeness (QED) is 0.176. The highest BCUT2D eigenvalue weighted by molar-refractivity contribution is 6.31. The lowest BCUT2D eigenvalue weighted by molar-refractivity contribution is -0.118. The number of carbonyl (C=O) groups excluding carboxylic acids is 1. The van der Waals surface area contributed by atoms with Gasteiger partial charge in [0.2, 0.25) is 0 Å². The molecule has 0 radical (unpaired) electrons. The standard InChI is InChI=1S/C34H25Cl3N4O3/c1-41-20-38-18-31(41)34(43,22-5-8-24(35)9-6-22)23-7-14-30-29(16-23)28(21-3-2-4-26(37)15-21)17-32(39-30)40-33(42)19-44-27-12-10-25(36)11-13-27/h2-18,20,43H,19H2,1H3,(H,39,40,42). The Hall–Kier alpha value is -4.40. The van der Waals surface area contributed by atoms with Gasteiger partial charge < -0.3 is 19.7 Å². The van der Waals surface area contributed by atoms with Gasteiger partial charge in [-0.25, -0.2) is 9.97 Å². The Morgan fingerprint density at radius 2 is 1.59 bits per heavy atom. The van der Waals surface area contributed by atoms with Crippen LogP contribution in [0.4, 0.5) is 5.82 Å². The summed E-state index contributed by atoms with van der Waals surface area (Å²) in [6.45, 7) is -0.217. The van der Waals surface area contributed by atoms with E-state index in [1.54, 1.807) is 77.8 Å². The zero-order valence-electron chi connectivity index (χ0n) is 23.3. The van der Waals surface area contributed by atoms with E-state index >= 15 is 0 Å². The van der Waals surface area contributed by atoms with E-state index in [-0.39, 0.29) is 12.5 Å². The molecule has 0 saturated heterocycles. The zero-order valence-corrected chi connectivity index (χ0v) is 25.6. The normalized spacial score (nSPS) is 12.6. The van der Waals surface area contributed by atoms with Crippen LogP contribution in [0.15, 0.2) is 110 Å². The zero-order chi connectivity index (χ0) is 30.8. The van der Waals surface area contributed by atoms with Gasteiger partial charge in [-0.1, -0.05) is 65.1 Å². The van der Waals surface area contributed by atoms with E-state index in [0.717, 1.165) is 16.5 Å². The molecule has 6 rings (SSSR count). The first-order chi connectivity index (χ1) is 21.2. The number of hydrogen-bond donors (Lipinski definition) is 2. The van der Waals surface area contributed by atoms with Gasteiger partial charge in [0.15, 0.2) is 12.2 Å². The van der Waals surface area contributed by atoms with Gasteiger partial charge in [-0.15, -0.1) is 0 Å². The molecule has 0 spiro atoms. The summed E-state index contributed by atoms with van der Waals surface area (Å²) in [5, 5.41) is 17.7. The number of aromatic nitrogens is 3. The summed E-state index contributed by atoms with van der Waals surface area (Å²) in [4.78, 5) is 21.8. The Morgan fingerprint density at radius 3 is 2.27 bits per heavy atom. The van der Waals surface area contributed by atoms with E-state index in [9.17, 15) is 9.90 Å². The first-order valence-corrected chi connectivity index (χ1v) is 14.7. The molecule has 1 atom stereocenters. The maximum atomic E-state index is 12.8. The highest BCUT2D eigenvalue weighted by Gasteiger charge is 2.37. The third kappa shape index (κ3) is 6.00. The molecule has 220 valence electrons. The number of hydrogen-bond acceptors (Lipinski definition) is 5. The Morgan fingerprint density at radius 1 is 0.886 bits per heavy atom. The Labute approximate surface area is 268 Å². The summed E-state index contributed by atoms with van der Waals surface area (Å²) in [5.41, 5.74) is 2.38. The van der Waals surface area contributed by atoms with Gasteiger partial charge in [-0.05, 0) is 89.0 Å². The Balaban J connectivity index is 1.44. The van der Waals surface area contributed by atoms with Crippen molar-refractivity contribution in [3.63, 3.8) is 0 Å². The van der Waals surface area contributed by atoms with Crippen LogP contribution in [0.3, 0.4) is 0 Å². The summed E-state index contributed by atoms with van der Waals surface area (Å²) in [7, 11) is 1.83. The van der Waals surface area contributed by atoms with Gasteiger partial charge in [0.05, 0.1) is 23.7 Å². The number of benzene rings is 4. The van der Waals surface area contributed by atoms with Gasteiger partial charge in [0, 0.05) is 27.5 Å². The molecule has 1 amide bonds. The monoisotopic (exact) mass is 642 g/mol. The lowest BCUT2D eigenvalue weighted by atomic mass is 9.82. The van der Waals surface area contributed by atoms with E-state index in [2.05, 4.69) is 10.3 Å². The molecular formula is C34H25Cl3N4O3. The van der Waals surface area contributed by atoms with Crippen LogP contribution in [0.1, 0.15) is 16.8 Å². The van der Waals surface area contributed by atoms with Crippen molar-refractivity contribution in [2.24, 2.45) is 7.05 Å². The number of ether oxygens (including phenoxy) is 1. The molecule has 2 aromatic heterocycles. The smallest absolute Gasteiger partial charge is 0.263 e. The molecule has 44 heavy (non-hydrogen) atoms. The lowest BCUT2D eigenvalue weighted by Gasteiger charge is -2.30. The molecule has 2 heterocycles. The number of nitrogens with zero attached hydrogens (tertiary/aromatic N) is 3. The van der Waals surface area contributed by atoms with E-state index in [0.29, 0.717) is 49.0 Å². The van der Waals surface area contributed by atoms with E-state index in [1.807, 2.05) is 43.4 Å². The number of carbonyl (C=O) groups is 1. The van der Waals surface area contributed by atoms with Crippen LogP contribution in [-0.4, -0.2) is 32.2 Å². The summed E-state index contributed by atoms with van der Waals surface area (Å²) in [6, 6.07) is 28.5. The number of pyridine rings is 1. The van der Waals surface area contributed by atoms with E-state index in [4.69, 9.17) is 44.5 Å². The maximum Gasteiger partial charge on any atom is 0.263 e.